The molecule has 0 radical (unpaired) electrons. The van der Waals surface area contributed by atoms with Crippen LogP contribution in [-0.2, 0) is 14.3 Å². The largest absolute Gasteiger partial charge is 0.480 e. The van der Waals surface area contributed by atoms with Gasteiger partial charge in [-0.3, -0.25) is 4.79 Å². The maximum atomic E-state index is 12.6. The van der Waals surface area contributed by atoms with E-state index in [4.69, 9.17) is 4.74 Å². The summed E-state index contributed by atoms with van der Waals surface area (Å²) >= 11 is 0. The smallest absolute Gasteiger partial charge is 0.407 e. The van der Waals surface area contributed by atoms with Crippen LogP contribution in [0.25, 0.3) is 11.1 Å². The molecule has 0 bridgehead atoms. The molecule has 1 atom stereocenters. The molecule has 35 heavy (non-hydrogen) atoms. The van der Waals surface area contributed by atoms with E-state index in [1.54, 1.807) is 6.92 Å². The number of carboxylic acids is 1. The molecule has 7 heteroatoms. The molecule has 0 aromatic heterocycles. The van der Waals surface area contributed by atoms with Crippen molar-refractivity contribution < 1.29 is 24.2 Å². The second-order valence-electron chi connectivity index (χ2n) is 9.90. The number of carboxylic acid groups (broad SMARTS) is 1. The molecule has 0 heterocycles. The van der Waals surface area contributed by atoms with Crippen LogP contribution in [0, 0.1) is 11.8 Å². The van der Waals surface area contributed by atoms with Gasteiger partial charge in [-0.15, -0.1) is 0 Å². The molecule has 186 valence electrons. The lowest BCUT2D eigenvalue weighted by molar-refractivity contribution is -0.148. The molecular weight excluding hydrogens is 444 g/mol. The fraction of sp³-hybridized carbons (Fsp3) is 0.464. The number of carbonyl (C=O) groups excluding carboxylic acids is 2. The van der Waals surface area contributed by atoms with Gasteiger partial charge in [-0.1, -0.05) is 55.5 Å². The zero-order valence-electron chi connectivity index (χ0n) is 20.4. The number of rotatable bonds is 8. The summed E-state index contributed by atoms with van der Waals surface area (Å²) in [6.07, 6.45) is 2.87. The lowest BCUT2D eigenvalue weighted by Gasteiger charge is -2.31. The van der Waals surface area contributed by atoms with Crippen molar-refractivity contribution in [3.8, 4) is 11.1 Å². The summed E-state index contributed by atoms with van der Waals surface area (Å²) in [6.45, 7) is 4.08. The Morgan fingerprint density at radius 1 is 0.971 bits per heavy atom. The third-order valence-electron chi connectivity index (χ3n) is 7.67. The topological polar surface area (TPSA) is 105 Å². The molecule has 3 N–H and O–H groups in total. The summed E-state index contributed by atoms with van der Waals surface area (Å²) in [5, 5.41) is 15.0. The van der Waals surface area contributed by atoms with E-state index in [1.165, 1.54) is 29.2 Å². The molecule has 1 unspecified atom stereocenters. The number of carbonyl (C=O) groups is 3. The minimum Gasteiger partial charge on any atom is -0.480 e. The summed E-state index contributed by atoms with van der Waals surface area (Å²) < 4.78 is 5.61. The Bertz CT molecular complexity index is 1050. The van der Waals surface area contributed by atoms with Crippen molar-refractivity contribution in [3.63, 3.8) is 0 Å². The molecular formula is C28H34N2O5. The summed E-state index contributed by atoms with van der Waals surface area (Å²) in [5.41, 5.74) is 3.51. The third kappa shape index (κ3) is 5.34. The number of ether oxygens (including phenoxy) is 1. The Morgan fingerprint density at radius 2 is 1.54 bits per heavy atom. The highest BCUT2D eigenvalue weighted by Gasteiger charge is 2.36. The second-order valence-corrected chi connectivity index (χ2v) is 9.90. The number of benzene rings is 2. The van der Waals surface area contributed by atoms with Crippen molar-refractivity contribution in [3.05, 3.63) is 59.7 Å². The van der Waals surface area contributed by atoms with E-state index in [9.17, 15) is 19.5 Å². The standard InChI is InChI=1S/C28H34N2O5/c1-3-28(2,26(32)33)30-25(31)19-14-12-18(13-15-19)16-29-27(34)35-17-24-22-10-6-4-8-20(22)21-9-5-7-11-23(21)24/h4-11,18-19,24H,3,12-17H2,1-2H3,(H,29,34)(H,30,31)(H,32,33). The molecule has 1 saturated carbocycles. The van der Waals surface area contributed by atoms with Gasteiger partial charge < -0.3 is 20.5 Å². The Balaban J connectivity index is 1.22. The van der Waals surface area contributed by atoms with Crippen molar-refractivity contribution in [2.24, 2.45) is 11.8 Å². The van der Waals surface area contributed by atoms with E-state index < -0.39 is 17.6 Å². The van der Waals surface area contributed by atoms with Gasteiger partial charge in [0, 0.05) is 18.4 Å². The predicted octanol–water partition coefficient (Wildman–Crippen LogP) is 4.70. The van der Waals surface area contributed by atoms with Crippen LogP contribution < -0.4 is 10.6 Å². The summed E-state index contributed by atoms with van der Waals surface area (Å²) in [6, 6.07) is 16.5. The molecule has 2 aromatic rings. The maximum absolute atomic E-state index is 12.6. The molecule has 0 aliphatic heterocycles. The molecule has 4 rings (SSSR count). The number of nitrogens with one attached hydrogen (secondary N) is 2. The van der Waals surface area contributed by atoms with E-state index in [0.29, 0.717) is 25.8 Å². The Hall–Kier alpha value is -3.35. The van der Waals surface area contributed by atoms with Crippen LogP contribution in [0.5, 0.6) is 0 Å². The number of fused-ring (bicyclic) bond motifs is 3. The van der Waals surface area contributed by atoms with Crippen LogP contribution >= 0.6 is 0 Å². The van der Waals surface area contributed by atoms with Crippen molar-refractivity contribution >= 4 is 18.0 Å². The third-order valence-corrected chi connectivity index (χ3v) is 7.67. The predicted molar refractivity (Wildman–Crippen MR) is 133 cm³/mol. The Labute approximate surface area is 206 Å². The number of hydrogen-bond acceptors (Lipinski definition) is 4. The van der Waals surface area contributed by atoms with Crippen LogP contribution in [0.2, 0.25) is 0 Å². The van der Waals surface area contributed by atoms with Crippen LogP contribution in [-0.4, -0.2) is 41.8 Å². The van der Waals surface area contributed by atoms with E-state index in [-0.39, 0.29) is 30.3 Å². The average Bonchev–Trinajstić information content (AvgIpc) is 3.20. The quantitative estimate of drug-likeness (QED) is 0.510. The number of amides is 2. The highest BCUT2D eigenvalue weighted by Crippen LogP contribution is 2.44. The van der Waals surface area contributed by atoms with Gasteiger partial charge in [-0.25, -0.2) is 9.59 Å². The molecule has 2 aliphatic rings. The van der Waals surface area contributed by atoms with E-state index >= 15 is 0 Å². The summed E-state index contributed by atoms with van der Waals surface area (Å²) in [5.74, 6) is -1.10. The van der Waals surface area contributed by atoms with Crippen molar-refractivity contribution in [2.45, 2.75) is 57.4 Å². The number of aliphatic carboxylic acids is 1. The van der Waals surface area contributed by atoms with Crippen LogP contribution in [0.4, 0.5) is 4.79 Å². The number of alkyl carbamates (subject to hydrolysis) is 1. The zero-order chi connectivity index (χ0) is 25.0. The average molecular weight is 479 g/mol. The normalized spacial score (nSPS) is 20.7. The first-order valence-corrected chi connectivity index (χ1v) is 12.5. The van der Waals surface area contributed by atoms with Crippen molar-refractivity contribution in [2.75, 3.05) is 13.2 Å². The van der Waals surface area contributed by atoms with E-state index in [0.717, 1.165) is 12.8 Å². The van der Waals surface area contributed by atoms with Gasteiger partial charge in [-0.05, 0) is 67.2 Å². The molecule has 1 fully saturated rings. The zero-order valence-corrected chi connectivity index (χ0v) is 20.4. The monoisotopic (exact) mass is 478 g/mol. The molecule has 0 saturated heterocycles. The molecule has 2 amide bonds. The number of hydrogen-bond donors (Lipinski definition) is 3. The summed E-state index contributed by atoms with van der Waals surface area (Å²) in [4.78, 5) is 36.5. The fourth-order valence-electron chi connectivity index (χ4n) is 5.17. The Kier molecular flexibility index (Phi) is 7.43. The van der Waals surface area contributed by atoms with Gasteiger partial charge in [-0.2, -0.15) is 0 Å². The summed E-state index contributed by atoms with van der Waals surface area (Å²) in [7, 11) is 0. The highest BCUT2D eigenvalue weighted by molar-refractivity contribution is 5.87. The van der Waals surface area contributed by atoms with Crippen LogP contribution in [0.1, 0.15) is 63.0 Å². The van der Waals surface area contributed by atoms with Crippen LogP contribution in [0.15, 0.2) is 48.5 Å². The molecule has 7 nitrogen and oxygen atoms in total. The van der Waals surface area contributed by atoms with Gasteiger partial charge in [0.1, 0.15) is 12.1 Å². The highest BCUT2D eigenvalue weighted by atomic mass is 16.5. The lowest BCUT2D eigenvalue weighted by atomic mass is 9.81. The van der Waals surface area contributed by atoms with Crippen LogP contribution in [0.3, 0.4) is 0 Å². The van der Waals surface area contributed by atoms with Crippen molar-refractivity contribution in [1.29, 1.82) is 0 Å². The first-order valence-electron chi connectivity index (χ1n) is 12.5. The van der Waals surface area contributed by atoms with Gasteiger partial charge in [0.15, 0.2) is 0 Å². The van der Waals surface area contributed by atoms with E-state index in [1.807, 2.05) is 24.3 Å². The minimum atomic E-state index is -1.24. The van der Waals surface area contributed by atoms with Gasteiger partial charge >= 0.3 is 12.1 Å². The lowest BCUT2D eigenvalue weighted by Crippen LogP contribution is -2.53. The van der Waals surface area contributed by atoms with Crippen molar-refractivity contribution in [1.82, 2.24) is 10.6 Å². The van der Waals surface area contributed by atoms with Gasteiger partial charge in [0.2, 0.25) is 5.91 Å². The maximum Gasteiger partial charge on any atom is 0.407 e. The molecule has 2 aliphatic carbocycles. The molecule has 0 spiro atoms. The first-order chi connectivity index (χ1) is 16.8. The molecule has 2 aromatic carbocycles. The second kappa shape index (κ2) is 10.5. The minimum absolute atomic E-state index is 0.0294. The van der Waals surface area contributed by atoms with E-state index in [2.05, 4.69) is 34.9 Å². The SMILES string of the molecule is CCC(C)(NC(=O)C1CCC(CNC(=O)OCC2c3ccccc3-c3ccccc32)CC1)C(=O)O. The van der Waals surface area contributed by atoms with Gasteiger partial charge in [0.05, 0.1) is 0 Å². The fourth-order valence-corrected chi connectivity index (χ4v) is 5.17. The Morgan fingerprint density at radius 3 is 2.09 bits per heavy atom. The first kappa shape index (κ1) is 24.8. The van der Waals surface area contributed by atoms with Gasteiger partial charge in [0.25, 0.3) is 0 Å².